The number of rotatable bonds is 1. The van der Waals surface area contributed by atoms with Crippen LogP contribution in [0.15, 0.2) is 16.7 Å². The summed E-state index contributed by atoms with van der Waals surface area (Å²) in [5.41, 5.74) is 11.2. The van der Waals surface area contributed by atoms with Crippen LogP contribution >= 0.6 is 0 Å². The summed E-state index contributed by atoms with van der Waals surface area (Å²) < 4.78 is 0. The van der Waals surface area contributed by atoms with Crippen molar-refractivity contribution in [3.05, 3.63) is 44.5 Å². The van der Waals surface area contributed by atoms with Crippen molar-refractivity contribution in [3.63, 3.8) is 0 Å². The molecule has 1 aliphatic rings. The monoisotopic (exact) mass is 270 g/mol. The summed E-state index contributed by atoms with van der Waals surface area (Å²) >= 11 is 0. The first-order valence-electron chi connectivity index (χ1n) is 7.38. The van der Waals surface area contributed by atoms with E-state index in [1.165, 1.54) is 39.0 Å². The van der Waals surface area contributed by atoms with Crippen LogP contribution in [-0.2, 0) is 0 Å². The number of aromatic hydroxyl groups is 1. The van der Waals surface area contributed by atoms with Gasteiger partial charge in [-0.05, 0) is 87.4 Å². The first-order chi connectivity index (χ1) is 9.20. The Morgan fingerprint density at radius 1 is 0.700 bits per heavy atom. The highest BCUT2D eigenvalue weighted by molar-refractivity contribution is 5.85. The van der Waals surface area contributed by atoms with Gasteiger partial charge in [0.2, 0.25) is 0 Å². The number of hydrogen-bond acceptors (Lipinski definition) is 1. The van der Waals surface area contributed by atoms with Crippen molar-refractivity contribution in [1.29, 1.82) is 0 Å². The second-order valence-electron chi connectivity index (χ2n) is 6.29. The molecule has 108 valence electrons. The molecule has 1 aromatic carbocycles. The normalized spacial score (nSPS) is 19.3. The summed E-state index contributed by atoms with van der Waals surface area (Å²) in [5.74, 6) is 0.857. The molecule has 1 unspecified atom stereocenters. The molecular weight excluding hydrogens is 244 g/mol. The zero-order valence-electron chi connectivity index (χ0n) is 14.0. The van der Waals surface area contributed by atoms with Gasteiger partial charge in [-0.1, -0.05) is 12.5 Å². The fourth-order valence-corrected chi connectivity index (χ4v) is 3.39. The molecule has 0 fully saturated rings. The molecule has 0 amide bonds. The first kappa shape index (κ1) is 14.9. The van der Waals surface area contributed by atoms with Gasteiger partial charge >= 0.3 is 0 Å². The van der Waals surface area contributed by atoms with Crippen molar-refractivity contribution in [3.8, 4) is 5.75 Å². The standard InChI is InChI=1S/C19H26O/c1-9-10(2)14(6)17(13(9)5)18-15(7)11(3)12(4)16(8)19(18)20/h13,20H,1-8H3. The molecule has 0 bridgehead atoms. The van der Waals surface area contributed by atoms with Crippen molar-refractivity contribution in [2.24, 2.45) is 5.92 Å². The fourth-order valence-electron chi connectivity index (χ4n) is 3.39. The number of benzene rings is 1. The van der Waals surface area contributed by atoms with E-state index in [1.807, 2.05) is 6.92 Å². The molecule has 2 rings (SSSR count). The van der Waals surface area contributed by atoms with Gasteiger partial charge in [0.05, 0.1) is 0 Å². The van der Waals surface area contributed by atoms with Crippen LogP contribution in [0, 0.1) is 33.6 Å². The Morgan fingerprint density at radius 2 is 1.20 bits per heavy atom. The van der Waals surface area contributed by atoms with E-state index >= 15 is 0 Å². The average molecular weight is 270 g/mol. The maximum Gasteiger partial charge on any atom is 0.126 e. The van der Waals surface area contributed by atoms with Crippen LogP contribution in [0.2, 0.25) is 0 Å². The van der Waals surface area contributed by atoms with E-state index in [9.17, 15) is 5.11 Å². The molecule has 0 aromatic heterocycles. The van der Waals surface area contributed by atoms with E-state index in [-0.39, 0.29) is 0 Å². The van der Waals surface area contributed by atoms with E-state index in [0.717, 1.165) is 11.1 Å². The molecule has 0 saturated carbocycles. The summed E-state index contributed by atoms with van der Waals surface area (Å²) in [6.45, 7) is 17.2. The molecule has 1 aliphatic carbocycles. The molecular formula is C19H26O. The van der Waals surface area contributed by atoms with Crippen LogP contribution in [0.1, 0.15) is 55.5 Å². The zero-order valence-corrected chi connectivity index (χ0v) is 14.0. The molecule has 20 heavy (non-hydrogen) atoms. The lowest BCUT2D eigenvalue weighted by Gasteiger charge is -2.22. The molecule has 0 spiro atoms. The lowest BCUT2D eigenvalue weighted by atomic mass is 9.84. The van der Waals surface area contributed by atoms with Crippen molar-refractivity contribution in [2.75, 3.05) is 0 Å². The Balaban J connectivity index is 2.80. The van der Waals surface area contributed by atoms with Gasteiger partial charge in [-0.25, -0.2) is 0 Å². The second kappa shape index (κ2) is 4.80. The van der Waals surface area contributed by atoms with E-state index < -0.39 is 0 Å². The van der Waals surface area contributed by atoms with E-state index in [1.54, 1.807) is 0 Å². The Labute approximate surface area is 123 Å². The maximum atomic E-state index is 10.7. The van der Waals surface area contributed by atoms with E-state index in [0.29, 0.717) is 11.7 Å². The van der Waals surface area contributed by atoms with Crippen LogP contribution in [0.5, 0.6) is 5.75 Å². The van der Waals surface area contributed by atoms with Gasteiger partial charge in [0.1, 0.15) is 5.75 Å². The molecule has 1 N–H and O–H groups in total. The van der Waals surface area contributed by atoms with Crippen LogP contribution < -0.4 is 0 Å². The first-order valence-corrected chi connectivity index (χ1v) is 7.38. The molecule has 0 saturated heterocycles. The van der Waals surface area contributed by atoms with Gasteiger partial charge < -0.3 is 5.11 Å². The van der Waals surface area contributed by atoms with Gasteiger partial charge in [0.25, 0.3) is 0 Å². The summed E-state index contributed by atoms with van der Waals surface area (Å²) in [6, 6.07) is 0. The van der Waals surface area contributed by atoms with E-state index in [4.69, 9.17) is 0 Å². The third kappa shape index (κ3) is 1.83. The van der Waals surface area contributed by atoms with Gasteiger partial charge in [-0.15, -0.1) is 0 Å². The molecule has 1 aromatic rings. The predicted octanol–water partition coefficient (Wildman–Crippen LogP) is 5.39. The van der Waals surface area contributed by atoms with Crippen LogP contribution in [0.3, 0.4) is 0 Å². The highest BCUT2D eigenvalue weighted by atomic mass is 16.3. The summed E-state index contributed by atoms with van der Waals surface area (Å²) in [4.78, 5) is 0. The minimum atomic E-state index is 0.390. The van der Waals surface area contributed by atoms with Crippen molar-refractivity contribution in [2.45, 2.75) is 55.4 Å². The molecule has 1 heteroatoms. The smallest absolute Gasteiger partial charge is 0.126 e. The lowest BCUT2D eigenvalue weighted by molar-refractivity contribution is 0.467. The van der Waals surface area contributed by atoms with Gasteiger partial charge in [0, 0.05) is 11.5 Å². The van der Waals surface area contributed by atoms with Crippen molar-refractivity contribution in [1.82, 2.24) is 0 Å². The number of phenols is 1. The van der Waals surface area contributed by atoms with Gasteiger partial charge in [-0.2, -0.15) is 0 Å². The minimum absolute atomic E-state index is 0.390. The Kier molecular flexibility index (Phi) is 3.58. The summed E-state index contributed by atoms with van der Waals surface area (Å²) in [6.07, 6.45) is 0. The van der Waals surface area contributed by atoms with Crippen molar-refractivity contribution >= 4 is 5.57 Å². The zero-order chi connectivity index (χ0) is 15.4. The third-order valence-corrected chi connectivity index (χ3v) is 5.56. The summed E-state index contributed by atoms with van der Waals surface area (Å²) in [7, 11) is 0. The van der Waals surface area contributed by atoms with Crippen LogP contribution in [-0.4, -0.2) is 5.11 Å². The van der Waals surface area contributed by atoms with Gasteiger partial charge in [0.15, 0.2) is 0 Å². The SMILES string of the molecule is CC1=C(C)C(C)C(c2c(C)c(C)c(C)c(C)c2O)=C1C. The molecule has 0 radical (unpaired) electrons. The largest absolute Gasteiger partial charge is 0.507 e. The van der Waals surface area contributed by atoms with Crippen LogP contribution in [0.4, 0.5) is 0 Å². The lowest BCUT2D eigenvalue weighted by Crippen LogP contribution is -2.04. The highest BCUT2D eigenvalue weighted by Gasteiger charge is 2.29. The molecule has 1 nitrogen and oxygen atoms in total. The molecule has 0 heterocycles. The Bertz CT molecular complexity index is 628. The average Bonchev–Trinajstić information content (AvgIpc) is 2.61. The molecule has 0 aliphatic heterocycles. The number of hydrogen-bond donors (Lipinski definition) is 1. The minimum Gasteiger partial charge on any atom is -0.507 e. The maximum absolute atomic E-state index is 10.7. The molecule has 1 atom stereocenters. The number of allylic oxidation sites excluding steroid dienone is 4. The quantitative estimate of drug-likeness (QED) is 0.725. The fraction of sp³-hybridized carbons (Fsp3) is 0.474. The topological polar surface area (TPSA) is 20.2 Å². The second-order valence-corrected chi connectivity index (χ2v) is 6.29. The van der Waals surface area contributed by atoms with Crippen molar-refractivity contribution < 1.29 is 5.11 Å². The van der Waals surface area contributed by atoms with Crippen LogP contribution in [0.25, 0.3) is 5.57 Å². The van der Waals surface area contributed by atoms with Gasteiger partial charge in [-0.3, -0.25) is 0 Å². The Hall–Kier alpha value is -1.50. The third-order valence-electron chi connectivity index (χ3n) is 5.56. The Morgan fingerprint density at radius 3 is 1.65 bits per heavy atom. The predicted molar refractivity (Wildman–Crippen MR) is 87.2 cm³/mol. The highest BCUT2D eigenvalue weighted by Crippen LogP contribution is 2.47. The number of phenolic OH excluding ortho intramolecular Hbond substituents is 1. The van der Waals surface area contributed by atoms with E-state index in [2.05, 4.69) is 48.5 Å². The summed E-state index contributed by atoms with van der Waals surface area (Å²) in [5, 5.41) is 10.7.